The number of aliphatic hydroxyl groups excluding tert-OH is 1. The largest absolute Gasteiger partial charge is 0.391 e. The molecule has 4 atom stereocenters. The fraction of sp³-hybridized carbons (Fsp3) is 1.00. The second-order valence-corrected chi connectivity index (χ2v) is 9.12. The third-order valence-electron chi connectivity index (χ3n) is 4.24. The summed E-state index contributed by atoms with van der Waals surface area (Å²) in [7, 11) is -3.18. The highest BCUT2D eigenvalue weighted by Crippen LogP contribution is 2.41. The molecule has 0 radical (unpaired) electrons. The summed E-state index contributed by atoms with van der Waals surface area (Å²) in [6.07, 6.45) is 3.00. The van der Waals surface area contributed by atoms with Gasteiger partial charge >= 0.3 is 0 Å². The molecular weight excluding hydrogens is 272 g/mol. The molecule has 0 bridgehead atoms. The lowest BCUT2D eigenvalue weighted by atomic mass is 9.81. The highest BCUT2D eigenvalue weighted by molar-refractivity contribution is 7.99. The molecule has 1 spiro atoms. The van der Waals surface area contributed by atoms with Crippen LogP contribution in [0.4, 0.5) is 0 Å². The van der Waals surface area contributed by atoms with Crippen LogP contribution in [0.3, 0.4) is 0 Å². The fourth-order valence-corrected chi connectivity index (χ4v) is 4.96. The van der Waals surface area contributed by atoms with Crippen molar-refractivity contribution < 1.29 is 18.3 Å². The monoisotopic (exact) mass is 294 g/mol. The van der Waals surface area contributed by atoms with E-state index in [1.54, 1.807) is 6.92 Å². The van der Waals surface area contributed by atoms with E-state index in [2.05, 4.69) is 0 Å². The Morgan fingerprint density at radius 3 is 2.78 bits per heavy atom. The Kier molecular flexibility index (Phi) is 4.31. The molecule has 0 aliphatic carbocycles. The molecule has 0 aromatic carbocycles. The van der Waals surface area contributed by atoms with Crippen molar-refractivity contribution in [3.8, 4) is 0 Å². The van der Waals surface area contributed by atoms with Crippen molar-refractivity contribution in [2.24, 2.45) is 5.92 Å². The van der Waals surface area contributed by atoms with Crippen molar-refractivity contribution in [2.45, 2.75) is 43.1 Å². The van der Waals surface area contributed by atoms with Crippen molar-refractivity contribution in [3.05, 3.63) is 0 Å². The lowest BCUT2D eigenvalue weighted by molar-refractivity contribution is -0.101. The quantitative estimate of drug-likeness (QED) is 0.844. The zero-order valence-electron chi connectivity index (χ0n) is 11.0. The number of hydrogen-bond donors (Lipinski definition) is 1. The zero-order valence-corrected chi connectivity index (χ0v) is 12.6. The van der Waals surface area contributed by atoms with E-state index in [1.807, 2.05) is 11.8 Å². The summed E-state index contributed by atoms with van der Waals surface area (Å²) < 4.78 is 29.0. The van der Waals surface area contributed by atoms with Gasteiger partial charge in [-0.3, -0.25) is 0 Å². The normalized spacial score (nSPS) is 36.7. The first-order chi connectivity index (χ1) is 8.34. The van der Waals surface area contributed by atoms with E-state index in [4.69, 9.17) is 4.74 Å². The van der Waals surface area contributed by atoms with Crippen molar-refractivity contribution >= 4 is 21.6 Å². The minimum atomic E-state index is -3.18. The molecular formula is C12H22O4S2. The highest BCUT2D eigenvalue weighted by atomic mass is 32.2. The first-order valence-electron chi connectivity index (χ1n) is 6.43. The molecule has 2 rings (SSSR count). The molecule has 2 saturated heterocycles. The average Bonchev–Trinajstić information content (AvgIpc) is 2.74. The molecule has 1 N–H and O–H groups in total. The molecule has 4 nitrogen and oxygen atoms in total. The van der Waals surface area contributed by atoms with E-state index < -0.39 is 21.2 Å². The van der Waals surface area contributed by atoms with Crippen LogP contribution >= 0.6 is 11.8 Å². The topological polar surface area (TPSA) is 63.6 Å². The summed E-state index contributed by atoms with van der Waals surface area (Å²) in [5, 5.41) is 9.59. The molecule has 2 aliphatic heterocycles. The summed E-state index contributed by atoms with van der Waals surface area (Å²) in [6, 6.07) is 0. The van der Waals surface area contributed by atoms with Crippen molar-refractivity contribution in [2.75, 3.05) is 24.4 Å². The summed E-state index contributed by atoms with van der Waals surface area (Å²) in [4.78, 5) is 0. The van der Waals surface area contributed by atoms with Gasteiger partial charge in [0.15, 0.2) is 9.84 Å². The molecule has 106 valence electrons. The smallest absolute Gasteiger partial charge is 0.152 e. The highest BCUT2D eigenvalue weighted by Gasteiger charge is 2.44. The van der Waals surface area contributed by atoms with Crippen LogP contribution in [0.25, 0.3) is 0 Å². The van der Waals surface area contributed by atoms with Gasteiger partial charge in [-0.1, -0.05) is 0 Å². The fourth-order valence-electron chi connectivity index (χ4n) is 2.86. The maximum Gasteiger partial charge on any atom is 0.152 e. The molecule has 2 aliphatic rings. The number of sulfone groups is 1. The van der Waals surface area contributed by atoms with Crippen LogP contribution in [0.5, 0.6) is 0 Å². The Morgan fingerprint density at radius 1 is 1.50 bits per heavy atom. The first kappa shape index (κ1) is 14.6. The molecule has 6 heteroatoms. The summed E-state index contributed by atoms with van der Waals surface area (Å²) >= 11 is 1.88. The van der Waals surface area contributed by atoms with Gasteiger partial charge in [0.1, 0.15) is 0 Å². The number of hydrogen-bond acceptors (Lipinski definition) is 5. The first-order valence-corrected chi connectivity index (χ1v) is 9.54. The van der Waals surface area contributed by atoms with Gasteiger partial charge in [0, 0.05) is 18.6 Å². The standard InChI is InChI=1S/C12H22O4S2/c1-9(18(2,14)15)11(13)10-3-5-16-12(7-10)4-6-17-8-12/h9-11,13H,3-8H2,1-2H3. The molecule has 2 fully saturated rings. The van der Waals surface area contributed by atoms with E-state index in [9.17, 15) is 13.5 Å². The third kappa shape index (κ3) is 3.03. The van der Waals surface area contributed by atoms with Gasteiger partial charge in [-0.15, -0.1) is 0 Å². The Balaban J connectivity index is 2.04. The van der Waals surface area contributed by atoms with Gasteiger partial charge in [-0.2, -0.15) is 11.8 Å². The molecule has 4 unspecified atom stereocenters. The Hall–Kier alpha value is 0.220. The van der Waals surface area contributed by atoms with Crippen molar-refractivity contribution in [1.29, 1.82) is 0 Å². The second-order valence-electron chi connectivity index (χ2n) is 5.61. The van der Waals surface area contributed by atoms with E-state index in [0.29, 0.717) is 6.61 Å². The summed E-state index contributed by atoms with van der Waals surface area (Å²) in [5.74, 6) is 2.12. The number of ether oxygens (including phenoxy) is 1. The Bertz CT molecular complexity index is 387. The van der Waals surface area contributed by atoms with Gasteiger partial charge in [0.2, 0.25) is 0 Å². The SMILES string of the molecule is CC(C(O)C1CCOC2(CCSC2)C1)S(C)(=O)=O. The van der Waals surface area contributed by atoms with Gasteiger partial charge in [-0.25, -0.2) is 8.42 Å². The molecule has 18 heavy (non-hydrogen) atoms. The predicted octanol–water partition coefficient (Wildman–Crippen LogP) is 1.08. The molecule has 0 aromatic rings. The predicted molar refractivity (Wildman–Crippen MR) is 73.7 cm³/mol. The molecule has 0 saturated carbocycles. The number of aliphatic hydroxyl groups is 1. The van der Waals surface area contributed by atoms with Crippen LogP contribution < -0.4 is 0 Å². The van der Waals surface area contributed by atoms with Crippen LogP contribution in [-0.4, -0.2) is 54.8 Å². The van der Waals surface area contributed by atoms with Gasteiger partial charge in [-0.05, 0) is 37.9 Å². The van der Waals surface area contributed by atoms with Crippen LogP contribution in [0, 0.1) is 5.92 Å². The van der Waals surface area contributed by atoms with E-state index >= 15 is 0 Å². The number of rotatable bonds is 3. The Labute approximate surface area is 113 Å². The minimum absolute atomic E-state index is 0.0437. The van der Waals surface area contributed by atoms with Crippen LogP contribution in [0.2, 0.25) is 0 Å². The minimum Gasteiger partial charge on any atom is -0.391 e. The van der Waals surface area contributed by atoms with Crippen molar-refractivity contribution in [1.82, 2.24) is 0 Å². The van der Waals surface area contributed by atoms with Crippen LogP contribution in [0.1, 0.15) is 26.2 Å². The van der Waals surface area contributed by atoms with Crippen LogP contribution in [-0.2, 0) is 14.6 Å². The Morgan fingerprint density at radius 2 is 2.22 bits per heavy atom. The van der Waals surface area contributed by atoms with Crippen LogP contribution in [0.15, 0.2) is 0 Å². The lowest BCUT2D eigenvalue weighted by Crippen LogP contribution is -2.46. The lowest BCUT2D eigenvalue weighted by Gasteiger charge is -2.40. The molecule has 2 heterocycles. The van der Waals surface area contributed by atoms with Crippen molar-refractivity contribution in [3.63, 3.8) is 0 Å². The average molecular weight is 294 g/mol. The third-order valence-corrected chi connectivity index (χ3v) is 7.09. The van der Waals surface area contributed by atoms with Gasteiger partial charge in [0.25, 0.3) is 0 Å². The van der Waals surface area contributed by atoms with E-state index in [-0.39, 0.29) is 11.5 Å². The zero-order chi connectivity index (χ0) is 13.4. The van der Waals surface area contributed by atoms with E-state index in [0.717, 1.165) is 30.8 Å². The second kappa shape index (κ2) is 5.31. The van der Waals surface area contributed by atoms with Gasteiger partial charge < -0.3 is 9.84 Å². The number of thioether (sulfide) groups is 1. The summed E-state index contributed by atoms with van der Waals surface area (Å²) in [5.41, 5.74) is -0.105. The summed E-state index contributed by atoms with van der Waals surface area (Å²) in [6.45, 7) is 2.24. The molecule has 0 aromatic heterocycles. The van der Waals surface area contributed by atoms with Gasteiger partial charge in [0.05, 0.1) is 17.0 Å². The maximum absolute atomic E-state index is 11.5. The molecule has 0 amide bonds. The van der Waals surface area contributed by atoms with E-state index in [1.165, 1.54) is 6.26 Å². The maximum atomic E-state index is 11.5.